The van der Waals surface area contributed by atoms with Gasteiger partial charge < -0.3 is 10.1 Å². The molecule has 0 atom stereocenters. The lowest BCUT2D eigenvalue weighted by molar-refractivity contribution is 0.322. The fraction of sp³-hybridized carbons (Fsp3) is 0.455. The van der Waals surface area contributed by atoms with Crippen LogP contribution < -0.4 is 10.1 Å². The van der Waals surface area contributed by atoms with Crippen LogP contribution in [0.4, 0.5) is 5.69 Å². The van der Waals surface area contributed by atoms with Crippen LogP contribution >= 0.6 is 23.2 Å². The van der Waals surface area contributed by atoms with Crippen LogP contribution in [0.5, 0.6) is 5.75 Å². The zero-order valence-electron chi connectivity index (χ0n) is 16.5. The number of hydrogen-bond donors (Lipinski definition) is 1. The largest absolute Gasteiger partial charge is 0.491 e. The average molecular weight is 394 g/mol. The van der Waals surface area contributed by atoms with Gasteiger partial charge in [0.25, 0.3) is 0 Å². The van der Waals surface area contributed by atoms with E-state index in [1.54, 1.807) is 6.07 Å². The molecule has 0 aliphatic heterocycles. The molecule has 142 valence electrons. The van der Waals surface area contributed by atoms with Gasteiger partial charge in [-0.15, -0.1) is 0 Å². The van der Waals surface area contributed by atoms with Crippen LogP contribution in [-0.2, 0) is 10.8 Å². The number of nitrogens with one attached hydrogen (secondary N) is 1. The van der Waals surface area contributed by atoms with E-state index >= 15 is 0 Å². The maximum Gasteiger partial charge on any atom is 0.123 e. The minimum absolute atomic E-state index is 0.0216. The van der Waals surface area contributed by atoms with Gasteiger partial charge in [0.05, 0.1) is 10.0 Å². The molecule has 0 aliphatic rings. The van der Waals surface area contributed by atoms with Crippen molar-refractivity contribution in [3.63, 3.8) is 0 Å². The molecular weight excluding hydrogens is 365 g/mol. The fourth-order valence-corrected chi connectivity index (χ4v) is 2.97. The second kappa shape index (κ2) is 8.10. The molecule has 0 saturated heterocycles. The van der Waals surface area contributed by atoms with Crippen LogP contribution in [0.15, 0.2) is 36.4 Å². The van der Waals surface area contributed by atoms with Gasteiger partial charge in [0.1, 0.15) is 12.4 Å². The summed E-state index contributed by atoms with van der Waals surface area (Å²) in [6, 6.07) is 12.1. The van der Waals surface area contributed by atoms with Crippen molar-refractivity contribution < 1.29 is 4.74 Å². The highest BCUT2D eigenvalue weighted by atomic mass is 35.5. The molecule has 2 aromatic carbocycles. The second-order valence-corrected chi connectivity index (χ2v) is 9.43. The predicted octanol–water partition coefficient (Wildman–Crippen LogP) is 7.08. The van der Waals surface area contributed by atoms with Crippen LogP contribution in [0, 0.1) is 0 Å². The van der Waals surface area contributed by atoms with Crippen molar-refractivity contribution in [1.82, 2.24) is 0 Å². The van der Waals surface area contributed by atoms with Crippen molar-refractivity contribution in [1.29, 1.82) is 0 Å². The molecule has 0 fully saturated rings. The normalized spacial score (nSPS) is 12.2. The van der Waals surface area contributed by atoms with E-state index in [0.717, 1.165) is 11.4 Å². The van der Waals surface area contributed by atoms with Crippen molar-refractivity contribution in [2.45, 2.75) is 52.4 Å². The van der Waals surface area contributed by atoms with Crippen molar-refractivity contribution >= 4 is 28.9 Å². The minimum atomic E-state index is 0.0216. The topological polar surface area (TPSA) is 21.3 Å². The van der Waals surface area contributed by atoms with Crippen molar-refractivity contribution in [2.75, 3.05) is 18.5 Å². The summed E-state index contributed by atoms with van der Waals surface area (Å²) in [4.78, 5) is 0. The van der Waals surface area contributed by atoms with E-state index in [-0.39, 0.29) is 10.8 Å². The van der Waals surface area contributed by atoms with E-state index in [1.165, 1.54) is 11.1 Å². The third kappa shape index (κ3) is 5.56. The molecule has 0 aliphatic carbocycles. The van der Waals surface area contributed by atoms with Crippen LogP contribution in [-0.4, -0.2) is 13.2 Å². The van der Waals surface area contributed by atoms with Crippen molar-refractivity contribution in [2.24, 2.45) is 0 Å². The Hall–Kier alpha value is -1.38. The summed E-state index contributed by atoms with van der Waals surface area (Å²) in [5.41, 5.74) is 3.63. The number of hydrogen-bond acceptors (Lipinski definition) is 2. The lowest BCUT2D eigenvalue weighted by Crippen LogP contribution is -2.19. The molecule has 0 aromatic heterocycles. The number of ether oxygens (including phenoxy) is 1. The summed E-state index contributed by atoms with van der Waals surface area (Å²) in [5.74, 6) is 0.946. The van der Waals surface area contributed by atoms with E-state index in [4.69, 9.17) is 27.9 Å². The highest BCUT2D eigenvalue weighted by Gasteiger charge is 2.23. The zero-order valence-corrected chi connectivity index (χ0v) is 18.1. The first kappa shape index (κ1) is 20.9. The summed E-state index contributed by atoms with van der Waals surface area (Å²) >= 11 is 12.0. The van der Waals surface area contributed by atoms with Gasteiger partial charge in [-0.25, -0.2) is 0 Å². The molecule has 26 heavy (non-hydrogen) atoms. The first-order valence-electron chi connectivity index (χ1n) is 8.95. The molecule has 0 unspecified atom stereocenters. The molecule has 0 amide bonds. The molecule has 0 heterocycles. The number of benzene rings is 2. The van der Waals surface area contributed by atoms with Gasteiger partial charge in [-0.3, -0.25) is 0 Å². The van der Waals surface area contributed by atoms with Gasteiger partial charge in [-0.2, -0.15) is 0 Å². The molecule has 0 bridgehead atoms. The van der Waals surface area contributed by atoms with Gasteiger partial charge in [0, 0.05) is 12.2 Å². The minimum Gasteiger partial charge on any atom is -0.491 e. The molecule has 0 radical (unpaired) electrons. The van der Waals surface area contributed by atoms with Gasteiger partial charge in [0.2, 0.25) is 0 Å². The molecular formula is C22H29Cl2NO. The Morgan fingerprint density at radius 3 is 2.12 bits per heavy atom. The Morgan fingerprint density at radius 1 is 0.846 bits per heavy atom. The number of rotatable bonds is 5. The molecule has 2 aromatic rings. The maximum absolute atomic E-state index is 6.09. The van der Waals surface area contributed by atoms with Crippen molar-refractivity contribution in [3.05, 3.63) is 57.6 Å². The van der Waals surface area contributed by atoms with E-state index in [1.807, 2.05) is 12.1 Å². The molecule has 2 nitrogen and oxygen atoms in total. The van der Waals surface area contributed by atoms with Gasteiger partial charge in [-0.1, -0.05) is 76.9 Å². The van der Waals surface area contributed by atoms with E-state index < -0.39 is 0 Å². The summed E-state index contributed by atoms with van der Waals surface area (Å²) in [6.45, 7) is 14.6. The average Bonchev–Trinajstić information content (AvgIpc) is 2.53. The fourth-order valence-electron chi connectivity index (χ4n) is 2.67. The van der Waals surface area contributed by atoms with Crippen LogP contribution in [0.25, 0.3) is 0 Å². The highest BCUT2D eigenvalue weighted by Crippen LogP contribution is 2.35. The Kier molecular flexibility index (Phi) is 6.52. The predicted molar refractivity (Wildman–Crippen MR) is 114 cm³/mol. The van der Waals surface area contributed by atoms with Gasteiger partial charge in [-0.05, 0) is 46.2 Å². The van der Waals surface area contributed by atoms with Gasteiger partial charge in [0.15, 0.2) is 0 Å². The van der Waals surface area contributed by atoms with E-state index in [9.17, 15) is 0 Å². The molecule has 0 saturated carbocycles. The summed E-state index contributed by atoms with van der Waals surface area (Å²) in [7, 11) is 0. The van der Waals surface area contributed by atoms with E-state index in [0.29, 0.717) is 23.2 Å². The van der Waals surface area contributed by atoms with Crippen LogP contribution in [0.2, 0.25) is 10.0 Å². The number of halogens is 2. The lowest BCUT2D eigenvalue weighted by atomic mass is 9.80. The molecule has 0 spiro atoms. The smallest absolute Gasteiger partial charge is 0.123 e. The first-order valence-corrected chi connectivity index (χ1v) is 9.71. The monoisotopic (exact) mass is 393 g/mol. The molecule has 4 heteroatoms. The summed E-state index contributed by atoms with van der Waals surface area (Å²) in [6.07, 6.45) is 0. The number of anilines is 1. The van der Waals surface area contributed by atoms with Crippen LogP contribution in [0.3, 0.4) is 0 Å². The second-order valence-electron chi connectivity index (χ2n) is 8.62. The quantitative estimate of drug-likeness (QED) is 0.547. The Balaban J connectivity index is 2.05. The Morgan fingerprint density at radius 2 is 1.54 bits per heavy atom. The van der Waals surface area contributed by atoms with Crippen LogP contribution in [0.1, 0.15) is 52.7 Å². The summed E-state index contributed by atoms with van der Waals surface area (Å²) < 4.78 is 6.09. The van der Waals surface area contributed by atoms with E-state index in [2.05, 4.69) is 65.1 Å². The summed E-state index contributed by atoms with van der Waals surface area (Å²) in [5, 5.41) is 4.41. The first-order chi connectivity index (χ1) is 12.0. The molecule has 1 N–H and O–H groups in total. The zero-order chi connectivity index (χ0) is 19.5. The lowest BCUT2D eigenvalue weighted by Gasteiger charge is -2.27. The van der Waals surface area contributed by atoms with Crippen molar-refractivity contribution in [3.8, 4) is 5.75 Å². The third-order valence-electron chi connectivity index (χ3n) is 4.26. The van der Waals surface area contributed by atoms with Gasteiger partial charge >= 0.3 is 0 Å². The Bertz CT molecular complexity index is 758. The maximum atomic E-state index is 6.09. The highest BCUT2D eigenvalue weighted by molar-refractivity contribution is 6.42. The Labute approximate surface area is 167 Å². The molecule has 2 rings (SSSR count). The SMILES string of the molecule is CC(C)(C)c1ccc(OCCNc2ccc(Cl)c(Cl)c2)c(C(C)(C)C)c1. The standard InChI is InChI=1S/C22H29Cl2NO/c1-21(2,3)15-7-10-20(17(13-15)22(4,5)6)26-12-11-25-16-8-9-18(23)19(24)14-16/h7-10,13-14,25H,11-12H2,1-6H3. The third-order valence-corrected chi connectivity index (χ3v) is 5.00.